The first kappa shape index (κ1) is 11.3. The molecule has 0 aromatic heterocycles. The summed E-state index contributed by atoms with van der Waals surface area (Å²) in [5, 5.41) is 18.1. The van der Waals surface area contributed by atoms with Gasteiger partial charge in [-0.1, -0.05) is 29.9 Å². The van der Waals surface area contributed by atoms with Gasteiger partial charge in [0.25, 0.3) is 0 Å². The van der Waals surface area contributed by atoms with Crippen molar-refractivity contribution >= 4 is 0 Å². The Labute approximate surface area is 108 Å². The molecule has 0 spiro atoms. The van der Waals surface area contributed by atoms with Gasteiger partial charge in [0.1, 0.15) is 0 Å². The summed E-state index contributed by atoms with van der Waals surface area (Å²) in [6.45, 7) is 0. The highest BCUT2D eigenvalue weighted by molar-refractivity contribution is 5.39. The van der Waals surface area contributed by atoms with Crippen molar-refractivity contribution in [2.75, 3.05) is 0 Å². The molecule has 0 heterocycles. The first-order valence-electron chi connectivity index (χ1n) is 6.70. The van der Waals surface area contributed by atoms with Crippen molar-refractivity contribution in [3.8, 4) is 12.1 Å². The molecule has 0 radical (unpaired) electrons. The molecule has 4 unspecified atom stereocenters. The molecule has 2 nitrogen and oxygen atoms in total. The van der Waals surface area contributed by atoms with Crippen molar-refractivity contribution in [3.63, 3.8) is 0 Å². The van der Waals surface area contributed by atoms with E-state index in [1.54, 1.807) is 0 Å². The molecule has 1 fully saturated rings. The third kappa shape index (κ3) is 1.79. The van der Waals surface area contributed by atoms with Crippen LogP contribution in [-0.2, 0) is 0 Å². The highest BCUT2D eigenvalue weighted by Crippen LogP contribution is 2.46. The van der Waals surface area contributed by atoms with Gasteiger partial charge in [0.15, 0.2) is 0 Å². The maximum Gasteiger partial charge on any atom is 0.0697 e. The average Bonchev–Trinajstić information content (AvgIpc) is 2.45. The normalized spacial score (nSPS) is 37.4. The number of fused-ring (bicyclic) bond motifs is 3. The number of hydrogen-bond donors (Lipinski definition) is 0. The first-order valence-corrected chi connectivity index (χ1v) is 6.70. The molecular formula is C16H16N2. The Kier molecular flexibility index (Phi) is 2.80. The number of rotatable bonds is 0. The molecule has 4 atom stereocenters. The van der Waals surface area contributed by atoms with E-state index < -0.39 is 0 Å². The lowest BCUT2D eigenvalue weighted by atomic mass is 9.64. The molecule has 0 aliphatic heterocycles. The van der Waals surface area contributed by atoms with E-state index >= 15 is 0 Å². The van der Waals surface area contributed by atoms with Gasteiger partial charge in [-0.05, 0) is 43.1 Å². The summed E-state index contributed by atoms with van der Waals surface area (Å²) in [5.74, 6) is 1.36. The fraction of sp³-hybridized carbons (Fsp3) is 0.500. The zero-order chi connectivity index (χ0) is 12.5. The highest BCUT2D eigenvalue weighted by atomic mass is 14.4. The first-order chi connectivity index (χ1) is 8.81. The molecule has 3 aliphatic rings. The predicted molar refractivity (Wildman–Crippen MR) is 69.0 cm³/mol. The van der Waals surface area contributed by atoms with Crippen molar-refractivity contribution in [2.45, 2.75) is 25.7 Å². The zero-order valence-corrected chi connectivity index (χ0v) is 10.3. The summed E-state index contributed by atoms with van der Waals surface area (Å²) in [4.78, 5) is 0. The SMILES string of the molecule is N#CC1C=CC2=CC=C3CC(C#N)CCC3C2C1. The second-order valence-electron chi connectivity index (χ2n) is 5.56. The standard InChI is InChI=1S/C16H16N2/c17-9-11-2-6-15-14(7-11)5-4-13-3-1-12(10-18)8-16(13)15/h1,3-5,11-12,15-16H,2,6-8H2. The van der Waals surface area contributed by atoms with Gasteiger partial charge in [0.05, 0.1) is 24.0 Å². The Balaban J connectivity index is 1.88. The highest BCUT2D eigenvalue weighted by Gasteiger charge is 2.36. The lowest BCUT2D eigenvalue weighted by Crippen LogP contribution is -2.29. The molecule has 90 valence electrons. The molecule has 0 aromatic carbocycles. The fourth-order valence-electron chi connectivity index (χ4n) is 3.58. The van der Waals surface area contributed by atoms with Gasteiger partial charge < -0.3 is 0 Å². The molecule has 0 saturated heterocycles. The van der Waals surface area contributed by atoms with Crippen LogP contribution in [0.1, 0.15) is 25.7 Å². The Morgan fingerprint density at radius 3 is 2.72 bits per heavy atom. The Hall–Kier alpha value is -1.80. The minimum Gasteiger partial charge on any atom is -0.198 e. The number of nitrogens with zero attached hydrogens (tertiary/aromatic N) is 2. The minimum absolute atomic E-state index is 0.0696. The third-order valence-electron chi connectivity index (χ3n) is 4.57. The quantitative estimate of drug-likeness (QED) is 0.646. The van der Waals surface area contributed by atoms with E-state index in [0.29, 0.717) is 11.8 Å². The van der Waals surface area contributed by atoms with E-state index in [1.807, 2.05) is 6.08 Å². The molecule has 1 saturated carbocycles. The van der Waals surface area contributed by atoms with E-state index in [4.69, 9.17) is 10.5 Å². The molecule has 0 N–H and O–H groups in total. The van der Waals surface area contributed by atoms with Crippen molar-refractivity contribution < 1.29 is 0 Å². The monoisotopic (exact) mass is 236 g/mol. The van der Waals surface area contributed by atoms with Crippen LogP contribution in [0.15, 0.2) is 35.5 Å². The van der Waals surface area contributed by atoms with Gasteiger partial charge in [0.2, 0.25) is 0 Å². The summed E-state index contributed by atoms with van der Waals surface area (Å²) in [6, 6.07) is 4.77. The van der Waals surface area contributed by atoms with Gasteiger partial charge in [0, 0.05) is 0 Å². The molecule has 3 rings (SSSR count). The topological polar surface area (TPSA) is 47.6 Å². The lowest BCUT2D eigenvalue weighted by Gasteiger charge is -2.39. The Morgan fingerprint density at radius 1 is 1.06 bits per heavy atom. The summed E-state index contributed by atoms with van der Waals surface area (Å²) in [5.41, 5.74) is 2.82. The predicted octanol–water partition coefficient (Wildman–Crippen LogP) is 3.51. The van der Waals surface area contributed by atoms with Crippen LogP contribution in [0.2, 0.25) is 0 Å². The number of nitriles is 2. The largest absolute Gasteiger partial charge is 0.198 e. The summed E-state index contributed by atoms with van der Waals surface area (Å²) in [7, 11) is 0. The minimum atomic E-state index is 0.0696. The van der Waals surface area contributed by atoms with Gasteiger partial charge in [-0.15, -0.1) is 0 Å². The average molecular weight is 236 g/mol. The van der Waals surface area contributed by atoms with Gasteiger partial charge >= 0.3 is 0 Å². The van der Waals surface area contributed by atoms with Crippen LogP contribution < -0.4 is 0 Å². The second kappa shape index (κ2) is 4.46. The van der Waals surface area contributed by atoms with E-state index in [1.165, 1.54) is 11.1 Å². The van der Waals surface area contributed by atoms with Crippen LogP contribution in [0, 0.1) is 46.3 Å². The Bertz CT molecular complexity index is 524. The molecule has 0 aromatic rings. The van der Waals surface area contributed by atoms with Crippen LogP contribution in [0.25, 0.3) is 0 Å². The maximum atomic E-state index is 9.08. The summed E-state index contributed by atoms with van der Waals surface area (Å²) in [6.07, 6.45) is 12.6. The molecule has 2 heteroatoms. The smallest absolute Gasteiger partial charge is 0.0697 e. The van der Waals surface area contributed by atoms with Crippen molar-refractivity contribution in [1.82, 2.24) is 0 Å². The second-order valence-corrected chi connectivity index (χ2v) is 5.56. The van der Waals surface area contributed by atoms with Crippen LogP contribution >= 0.6 is 0 Å². The molecular weight excluding hydrogens is 220 g/mol. The van der Waals surface area contributed by atoms with Crippen LogP contribution in [0.4, 0.5) is 0 Å². The molecule has 0 amide bonds. The van der Waals surface area contributed by atoms with E-state index in [2.05, 4.69) is 30.4 Å². The molecule has 0 bridgehead atoms. The van der Waals surface area contributed by atoms with Gasteiger partial charge in [-0.3, -0.25) is 0 Å². The number of allylic oxidation sites excluding steroid dienone is 6. The summed E-state index contributed by atoms with van der Waals surface area (Å²) >= 11 is 0. The van der Waals surface area contributed by atoms with Crippen LogP contribution in [-0.4, -0.2) is 0 Å². The van der Waals surface area contributed by atoms with Gasteiger partial charge in [-0.25, -0.2) is 0 Å². The zero-order valence-electron chi connectivity index (χ0n) is 10.3. The van der Waals surface area contributed by atoms with Crippen LogP contribution in [0.5, 0.6) is 0 Å². The number of hydrogen-bond acceptors (Lipinski definition) is 2. The molecule has 18 heavy (non-hydrogen) atoms. The van der Waals surface area contributed by atoms with Crippen molar-refractivity contribution in [3.05, 3.63) is 35.5 Å². The van der Waals surface area contributed by atoms with E-state index in [9.17, 15) is 0 Å². The lowest BCUT2D eigenvalue weighted by molar-refractivity contribution is 0.297. The third-order valence-corrected chi connectivity index (χ3v) is 4.57. The van der Waals surface area contributed by atoms with Gasteiger partial charge in [-0.2, -0.15) is 10.5 Å². The maximum absolute atomic E-state index is 9.08. The van der Waals surface area contributed by atoms with E-state index in [0.717, 1.165) is 25.7 Å². The van der Waals surface area contributed by atoms with E-state index in [-0.39, 0.29) is 11.8 Å². The van der Waals surface area contributed by atoms with Crippen molar-refractivity contribution in [1.29, 1.82) is 10.5 Å². The molecule has 3 aliphatic carbocycles. The Morgan fingerprint density at radius 2 is 1.94 bits per heavy atom. The van der Waals surface area contributed by atoms with Crippen LogP contribution in [0.3, 0.4) is 0 Å². The van der Waals surface area contributed by atoms with Crippen molar-refractivity contribution in [2.24, 2.45) is 23.7 Å². The summed E-state index contributed by atoms with van der Waals surface area (Å²) < 4.78 is 0. The fourth-order valence-corrected chi connectivity index (χ4v) is 3.58.